The summed E-state index contributed by atoms with van der Waals surface area (Å²) in [7, 11) is 0. The lowest BCUT2D eigenvalue weighted by atomic mass is 9.88. The fraction of sp³-hybridized carbons (Fsp3) is 0. The molecule has 0 aliphatic rings. The van der Waals surface area contributed by atoms with Crippen molar-refractivity contribution in [1.29, 1.82) is 0 Å². The molecule has 2 heterocycles. The first-order chi connectivity index (χ1) is 27.3. The number of aromatic nitrogens is 3. The Morgan fingerprint density at radius 3 is 1.55 bits per heavy atom. The lowest BCUT2D eigenvalue weighted by molar-refractivity contribution is 1.18. The van der Waals surface area contributed by atoms with Crippen molar-refractivity contribution in [1.82, 2.24) is 14.5 Å². The van der Waals surface area contributed by atoms with Crippen LogP contribution in [0.4, 0.5) is 0 Å². The molecule has 0 radical (unpaired) electrons. The van der Waals surface area contributed by atoms with Crippen LogP contribution in [-0.2, 0) is 0 Å². The Bertz CT molecular complexity index is 3180. The molecule has 3 nitrogen and oxygen atoms in total. The van der Waals surface area contributed by atoms with Crippen molar-refractivity contribution < 1.29 is 0 Å². The smallest absolute Gasteiger partial charge is 0.160 e. The number of para-hydroxylation sites is 2. The van der Waals surface area contributed by atoms with Crippen molar-refractivity contribution in [2.24, 2.45) is 0 Å². The number of fused-ring (bicyclic) bond motifs is 9. The zero-order valence-corrected chi connectivity index (χ0v) is 29.9. The second-order valence-corrected chi connectivity index (χ2v) is 14.1. The second kappa shape index (κ2) is 12.6. The van der Waals surface area contributed by atoms with Gasteiger partial charge in [0, 0.05) is 33.2 Å². The molecule has 0 atom stereocenters. The van der Waals surface area contributed by atoms with E-state index in [9.17, 15) is 0 Å². The van der Waals surface area contributed by atoms with Crippen molar-refractivity contribution in [2.75, 3.05) is 0 Å². The van der Waals surface area contributed by atoms with E-state index in [2.05, 4.69) is 193 Å². The minimum Gasteiger partial charge on any atom is -0.309 e. The fourth-order valence-corrected chi connectivity index (χ4v) is 8.47. The largest absolute Gasteiger partial charge is 0.309 e. The van der Waals surface area contributed by atoms with Crippen LogP contribution in [0.5, 0.6) is 0 Å². The molecule has 2 aromatic heterocycles. The van der Waals surface area contributed by atoms with Crippen LogP contribution in [0.1, 0.15) is 0 Å². The molecule has 256 valence electrons. The molecule has 0 aliphatic carbocycles. The van der Waals surface area contributed by atoms with Crippen LogP contribution in [0, 0.1) is 0 Å². The number of hydrogen-bond donors (Lipinski definition) is 0. The molecule has 0 saturated carbocycles. The summed E-state index contributed by atoms with van der Waals surface area (Å²) in [4.78, 5) is 10.4. The van der Waals surface area contributed by atoms with Crippen LogP contribution in [0.3, 0.4) is 0 Å². The minimum absolute atomic E-state index is 0.708. The van der Waals surface area contributed by atoms with Gasteiger partial charge in [-0.15, -0.1) is 0 Å². The Balaban J connectivity index is 1.15. The minimum atomic E-state index is 0.708. The molecule has 0 spiro atoms. The summed E-state index contributed by atoms with van der Waals surface area (Å²) in [6, 6.07) is 71.5. The summed E-state index contributed by atoms with van der Waals surface area (Å²) in [5, 5.41) is 9.82. The molecule has 11 rings (SSSR count). The normalized spacial score (nSPS) is 11.6. The van der Waals surface area contributed by atoms with Crippen LogP contribution in [0.25, 0.3) is 105 Å². The van der Waals surface area contributed by atoms with Crippen molar-refractivity contribution in [2.45, 2.75) is 0 Å². The molecule has 0 fully saturated rings. The highest BCUT2D eigenvalue weighted by molar-refractivity contribution is 6.29. The van der Waals surface area contributed by atoms with Gasteiger partial charge in [0.2, 0.25) is 0 Å². The van der Waals surface area contributed by atoms with Crippen LogP contribution >= 0.6 is 0 Å². The third-order valence-electron chi connectivity index (χ3n) is 11.0. The van der Waals surface area contributed by atoms with Gasteiger partial charge in [0.25, 0.3) is 0 Å². The quantitative estimate of drug-likeness (QED) is 0.167. The first kappa shape index (κ1) is 31.2. The van der Waals surface area contributed by atoms with Gasteiger partial charge in [0.15, 0.2) is 5.82 Å². The van der Waals surface area contributed by atoms with Gasteiger partial charge in [-0.3, -0.25) is 0 Å². The Labute approximate surface area is 318 Å². The van der Waals surface area contributed by atoms with E-state index in [4.69, 9.17) is 9.97 Å². The summed E-state index contributed by atoms with van der Waals surface area (Å²) in [5.74, 6) is 0.708. The third-order valence-corrected chi connectivity index (χ3v) is 11.0. The average Bonchev–Trinajstić information content (AvgIpc) is 3.60. The Morgan fingerprint density at radius 1 is 0.309 bits per heavy atom. The highest BCUT2D eigenvalue weighted by Gasteiger charge is 2.18. The topological polar surface area (TPSA) is 30.7 Å². The Morgan fingerprint density at radius 2 is 0.836 bits per heavy atom. The van der Waals surface area contributed by atoms with Crippen molar-refractivity contribution in [3.8, 4) is 50.7 Å². The Kier molecular flexibility index (Phi) is 7.17. The standard InChI is InChI=1S/C52H33N3/c1-4-15-34(16-5-1)47-33-48(35-17-6-2-7-18-35)54-52(53-47)37-27-29-44-45(32-37)41-22-11-10-21-40(41)43-25-14-24-39(51(43)44)36-28-30-50-46(31-36)42-23-12-13-26-49(42)55(50)38-19-8-3-9-20-38/h1-33H. The third kappa shape index (κ3) is 5.13. The van der Waals surface area contributed by atoms with Gasteiger partial charge in [0.1, 0.15) is 0 Å². The number of hydrogen-bond acceptors (Lipinski definition) is 2. The summed E-state index contributed by atoms with van der Waals surface area (Å²) < 4.78 is 2.38. The summed E-state index contributed by atoms with van der Waals surface area (Å²) in [5.41, 5.74) is 10.9. The van der Waals surface area contributed by atoms with E-state index in [1.54, 1.807) is 0 Å². The molecule has 0 aliphatic heterocycles. The van der Waals surface area contributed by atoms with Crippen LogP contribution in [0.15, 0.2) is 200 Å². The molecule has 0 amide bonds. The van der Waals surface area contributed by atoms with Gasteiger partial charge in [-0.1, -0.05) is 158 Å². The maximum absolute atomic E-state index is 5.18. The van der Waals surface area contributed by atoms with Crippen LogP contribution in [-0.4, -0.2) is 14.5 Å². The van der Waals surface area contributed by atoms with E-state index in [0.717, 1.165) is 33.8 Å². The molecule has 3 heteroatoms. The second-order valence-electron chi connectivity index (χ2n) is 14.1. The average molecular weight is 700 g/mol. The van der Waals surface area contributed by atoms with Gasteiger partial charge in [-0.2, -0.15) is 0 Å². The predicted octanol–water partition coefficient (Wildman–Crippen LogP) is 13.7. The highest BCUT2D eigenvalue weighted by Crippen LogP contribution is 2.43. The van der Waals surface area contributed by atoms with Crippen molar-refractivity contribution >= 4 is 54.1 Å². The molecule has 0 N–H and O–H groups in total. The zero-order valence-electron chi connectivity index (χ0n) is 29.9. The summed E-state index contributed by atoms with van der Waals surface area (Å²) in [6.45, 7) is 0. The lowest BCUT2D eigenvalue weighted by Gasteiger charge is -2.16. The maximum atomic E-state index is 5.18. The molecule has 9 aromatic carbocycles. The zero-order chi connectivity index (χ0) is 36.3. The van der Waals surface area contributed by atoms with E-state index < -0.39 is 0 Å². The molecule has 0 unspecified atom stereocenters. The first-order valence-corrected chi connectivity index (χ1v) is 18.7. The van der Waals surface area contributed by atoms with E-state index >= 15 is 0 Å². The first-order valence-electron chi connectivity index (χ1n) is 18.7. The van der Waals surface area contributed by atoms with Gasteiger partial charge in [-0.25, -0.2) is 9.97 Å². The van der Waals surface area contributed by atoms with Gasteiger partial charge >= 0.3 is 0 Å². The number of nitrogens with zero attached hydrogens (tertiary/aromatic N) is 3. The molecule has 0 saturated heterocycles. The number of rotatable bonds is 5. The van der Waals surface area contributed by atoms with Crippen LogP contribution < -0.4 is 0 Å². The molecule has 0 bridgehead atoms. The van der Waals surface area contributed by atoms with Crippen molar-refractivity contribution in [3.05, 3.63) is 200 Å². The van der Waals surface area contributed by atoms with E-state index in [1.165, 1.54) is 65.3 Å². The van der Waals surface area contributed by atoms with Gasteiger partial charge < -0.3 is 4.57 Å². The van der Waals surface area contributed by atoms with E-state index in [1.807, 2.05) is 12.1 Å². The molecule has 11 aromatic rings. The monoisotopic (exact) mass is 699 g/mol. The van der Waals surface area contributed by atoms with Crippen molar-refractivity contribution in [3.63, 3.8) is 0 Å². The Hall–Kier alpha value is -7.36. The SMILES string of the molecule is c1ccc(-c2cc(-c3ccccc3)nc(-c3ccc4c(c3)c3ccccc3c3cccc(-c5ccc6c(c5)c5ccccc5n6-c5ccccc5)c34)n2)cc1. The lowest BCUT2D eigenvalue weighted by Crippen LogP contribution is -1.96. The van der Waals surface area contributed by atoms with E-state index in [-0.39, 0.29) is 0 Å². The molecule has 55 heavy (non-hydrogen) atoms. The summed E-state index contributed by atoms with van der Waals surface area (Å²) in [6.07, 6.45) is 0. The maximum Gasteiger partial charge on any atom is 0.160 e. The summed E-state index contributed by atoms with van der Waals surface area (Å²) >= 11 is 0. The van der Waals surface area contributed by atoms with Gasteiger partial charge in [0.05, 0.1) is 22.4 Å². The van der Waals surface area contributed by atoms with Gasteiger partial charge in [-0.05, 0) is 85.9 Å². The highest BCUT2D eigenvalue weighted by atomic mass is 15.0. The van der Waals surface area contributed by atoms with E-state index in [0.29, 0.717) is 5.82 Å². The predicted molar refractivity (Wildman–Crippen MR) is 231 cm³/mol. The fourth-order valence-electron chi connectivity index (χ4n) is 8.47. The number of benzene rings is 9. The van der Waals surface area contributed by atoms with Crippen LogP contribution in [0.2, 0.25) is 0 Å². The molecular formula is C52H33N3. The molecular weight excluding hydrogens is 667 g/mol.